The van der Waals surface area contributed by atoms with Crippen molar-refractivity contribution in [3.8, 4) is 22.6 Å². The summed E-state index contributed by atoms with van der Waals surface area (Å²) in [7, 11) is 1.75. The summed E-state index contributed by atoms with van der Waals surface area (Å²) in [6.45, 7) is 11.5. The van der Waals surface area contributed by atoms with E-state index in [0.29, 0.717) is 34.7 Å². The van der Waals surface area contributed by atoms with Gasteiger partial charge in [-0.2, -0.15) is 0 Å². The van der Waals surface area contributed by atoms with Gasteiger partial charge >= 0.3 is 11.7 Å². The summed E-state index contributed by atoms with van der Waals surface area (Å²) in [6, 6.07) is 12.8. The molecule has 0 aliphatic rings. The topological polar surface area (TPSA) is 88.0 Å². The minimum Gasteiger partial charge on any atom is -0.461 e. The van der Waals surface area contributed by atoms with Crippen LogP contribution in [0.2, 0.25) is 0 Å². The maximum atomic E-state index is 12.6. The van der Waals surface area contributed by atoms with Crippen molar-refractivity contribution >= 4 is 17.3 Å². The molecule has 0 radical (unpaired) electrons. The van der Waals surface area contributed by atoms with Crippen LogP contribution in [0.5, 0.6) is 11.5 Å². The molecule has 0 bridgehead atoms. The van der Waals surface area contributed by atoms with Crippen LogP contribution in [0, 0.1) is 16.7 Å². The Morgan fingerprint density at radius 1 is 1.16 bits per heavy atom. The smallest absolute Gasteiger partial charge is 0.354 e. The van der Waals surface area contributed by atoms with Gasteiger partial charge in [0.25, 0.3) is 0 Å². The van der Waals surface area contributed by atoms with Gasteiger partial charge in [-0.3, -0.25) is 10.1 Å². The predicted molar refractivity (Wildman–Crippen MR) is 116 cm³/mol. The molecule has 0 amide bonds. The highest BCUT2D eigenvalue weighted by Crippen LogP contribution is 2.40. The first-order valence-corrected chi connectivity index (χ1v) is 9.70. The van der Waals surface area contributed by atoms with E-state index in [9.17, 15) is 14.9 Å². The molecule has 0 fully saturated rings. The zero-order chi connectivity index (χ0) is 22.5. The van der Waals surface area contributed by atoms with E-state index in [4.69, 9.17) is 16.0 Å². The van der Waals surface area contributed by atoms with Gasteiger partial charge in [0.05, 0.1) is 18.1 Å². The van der Waals surface area contributed by atoms with Crippen molar-refractivity contribution in [3.63, 3.8) is 0 Å². The molecule has 8 nitrogen and oxygen atoms in total. The molecule has 0 saturated carbocycles. The molecule has 158 valence electrons. The Morgan fingerprint density at radius 2 is 1.84 bits per heavy atom. The molecule has 0 aliphatic heterocycles. The third-order valence-corrected chi connectivity index (χ3v) is 4.84. The number of nitro groups is 1. The van der Waals surface area contributed by atoms with Crippen LogP contribution >= 0.6 is 0 Å². The van der Waals surface area contributed by atoms with E-state index in [0.717, 1.165) is 5.69 Å². The summed E-state index contributed by atoms with van der Waals surface area (Å²) < 4.78 is 12.6. The summed E-state index contributed by atoms with van der Waals surface area (Å²) in [6.07, 6.45) is 0.583. The molecule has 3 aromatic rings. The summed E-state index contributed by atoms with van der Waals surface area (Å²) in [5.41, 5.74) is 2.48. The molecule has 8 heteroatoms. The molecule has 1 aromatic heterocycles. The highest BCUT2D eigenvalue weighted by Gasteiger charge is 2.27. The minimum absolute atomic E-state index is 0.127. The molecule has 31 heavy (non-hydrogen) atoms. The summed E-state index contributed by atoms with van der Waals surface area (Å²) in [5, 5.41) is 11.2. The van der Waals surface area contributed by atoms with Crippen LogP contribution in [0.3, 0.4) is 0 Å². The van der Waals surface area contributed by atoms with E-state index in [1.54, 1.807) is 54.9 Å². The van der Waals surface area contributed by atoms with Gasteiger partial charge < -0.3 is 14.0 Å². The Balaban J connectivity index is 2.04. The van der Waals surface area contributed by atoms with Crippen molar-refractivity contribution < 1.29 is 19.2 Å². The van der Waals surface area contributed by atoms with E-state index >= 15 is 0 Å². The second-order valence-electron chi connectivity index (χ2n) is 6.62. The average molecular weight is 419 g/mol. The number of para-hydroxylation sites is 2. The standard InChI is InChI=1S/C23H21N3O5/c1-5-17-21(24-3)20(22(25(17)4)23(27)30-6-2)15-11-13-16(14-12-15)31-19-10-8-7-9-18(19)26(28)29/h7-14H,5-6H2,1-2,4H3. The van der Waals surface area contributed by atoms with Gasteiger partial charge in [0.15, 0.2) is 0 Å². The van der Waals surface area contributed by atoms with Crippen molar-refractivity contribution in [2.45, 2.75) is 20.3 Å². The Morgan fingerprint density at radius 3 is 2.42 bits per heavy atom. The van der Waals surface area contributed by atoms with Crippen LogP contribution in [0.15, 0.2) is 48.5 Å². The van der Waals surface area contributed by atoms with Crippen LogP contribution in [0.1, 0.15) is 30.0 Å². The van der Waals surface area contributed by atoms with Gasteiger partial charge in [0, 0.05) is 24.4 Å². The lowest BCUT2D eigenvalue weighted by molar-refractivity contribution is -0.385. The fraction of sp³-hybridized carbons (Fsp3) is 0.217. The lowest BCUT2D eigenvalue weighted by Gasteiger charge is -2.10. The van der Waals surface area contributed by atoms with E-state index in [1.807, 2.05) is 6.92 Å². The van der Waals surface area contributed by atoms with Crippen molar-refractivity contribution in [2.75, 3.05) is 6.61 Å². The maximum Gasteiger partial charge on any atom is 0.354 e. The molecule has 1 heterocycles. The Bertz CT molecular complexity index is 1170. The Kier molecular flexibility index (Phi) is 6.36. The van der Waals surface area contributed by atoms with E-state index in [1.165, 1.54) is 12.1 Å². The van der Waals surface area contributed by atoms with Gasteiger partial charge in [-0.1, -0.05) is 31.2 Å². The monoisotopic (exact) mass is 419 g/mol. The number of hydrogen-bond donors (Lipinski definition) is 0. The van der Waals surface area contributed by atoms with Crippen LogP contribution < -0.4 is 4.74 Å². The normalized spacial score (nSPS) is 10.4. The minimum atomic E-state index is -0.506. The molecule has 0 aliphatic carbocycles. The molecular formula is C23H21N3O5. The summed E-state index contributed by atoms with van der Waals surface area (Å²) in [4.78, 5) is 27.0. The number of nitrogens with zero attached hydrogens (tertiary/aromatic N) is 3. The number of hydrogen-bond acceptors (Lipinski definition) is 5. The fourth-order valence-corrected chi connectivity index (χ4v) is 3.47. The Labute approximate surface area is 179 Å². The molecule has 0 spiro atoms. The number of carbonyl (C=O) groups is 1. The number of nitro benzene ring substituents is 1. The zero-order valence-electron chi connectivity index (χ0n) is 17.4. The first-order chi connectivity index (χ1) is 14.9. The molecule has 0 atom stereocenters. The Hall–Kier alpha value is -4.12. The van der Waals surface area contributed by atoms with Crippen molar-refractivity contribution in [2.24, 2.45) is 7.05 Å². The second-order valence-corrected chi connectivity index (χ2v) is 6.62. The van der Waals surface area contributed by atoms with Crippen LogP contribution in [-0.2, 0) is 18.2 Å². The van der Waals surface area contributed by atoms with Gasteiger partial charge in [-0.25, -0.2) is 9.64 Å². The molecule has 0 N–H and O–H groups in total. The molecule has 3 rings (SSSR count). The first-order valence-electron chi connectivity index (χ1n) is 9.70. The van der Waals surface area contributed by atoms with E-state index in [-0.39, 0.29) is 18.0 Å². The molecular weight excluding hydrogens is 398 g/mol. The predicted octanol–water partition coefficient (Wildman–Crippen LogP) is 5.68. The van der Waals surface area contributed by atoms with Gasteiger partial charge in [-0.15, -0.1) is 0 Å². The SMILES string of the molecule is [C-]#[N+]c1c(-c2ccc(Oc3ccccc3[N+](=O)[O-])cc2)c(C(=O)OCC)n(C)c1CC. The van der Waals surface area contributed by atoms with Crippen molar-refractivity contribution in [1.82, 2.24) is 4.57 Å². The van der Waals surface area contributed by atoms with E-state index in [2.05, 4.69) is 4.85 Å². The van der Waals surface area contributed by atoms with Crippen molar-refractivity contribution in [3.05, 3.63) is 81.5 Å². The quantitative estimate of drug-likeness (QED) is 0.213. The van der Waals surface area contributed by atoms with Crippen molar-refractivity contribution in [1.29, 1.82) is 0 Å². The van der Waals surface area contributed by atoms with E-state index < -0.39 is 10.9 Å². The largest absolute Gasteiger partial charge is 0.461 e. The van der Waals surface area contributed by atoms with Crippen LogP contribution in [0.4, 0.5) is 11.4 Å². The highest BCUT2D eigenvalue weighted by molar-refractivity contribution is 6.01. The number of esters is 1. The van der Waals surface area contributed by atoms with Gasteiger partial charge in [0.1, 0.15) is 11.4 Å². The summed E-state index contributed by atoms with van der Waals surface area (Å²) >= 11 is 0. The third kappa shape index (κ3) is 4.12. The summed E-state index contributed by atoms with van der Waals surface area (Å²) in [5.74, 6) is 0.0267. The number of rotatable bonds is 7. The highest BCUT2D eigenvalue weighted by atomic mass is 16.6. The van der Waals surface area contributed by atoms with Gasteiger partial charge in [-0.05, 0) is 37.1 Å². The molecule has 0 saturated heterocycles. The van der Waals surface area contributed by atoms with Crippen LogP contribution in [0.25, 0.3) is 16.0 Å². The maximum absolute atomic E-state index is 12.6. The fourth-order valence-electron chi connectivity index (χ4n) is 3.47. The molecule has 2 aromatic carbocycles. The number of benzene rings is 2. The molecule has 0 unspecified atom stereocenters. The number of aromatic nitrogens is 1. The number of ether oxygens (including phenoxy) is 2. The lowest BCUT2D eigenvalue weighted by atomic mass is 10.0. The third-order valence-electron chi connectivity index (χ3n) is 4.84. The number of carbonyl (C=O) groups excluding carboxylic acids is 1. The lowest BCUT2D eigenvalue weighted by Crippen LogP contribution is -2.12. The average Bonchev–Trinajstić information content (AvgIpc) is 3.06. The zero-order valence-corrected chi connectivity index (χ0v) is 17.4. The van der Waals surface area contributed by atoms with Crippen LogP contribution in [-0.4, -0.2) is 22.1 Å². The second kappa shape index (κ2) is 9.13. The first kappa shape index (κ1) is 21.6. The van der Waals surface area contributed by atoms with Gasteiger partial charge in [0.2, 0.25) is 11.4 Å².